The molecule has 1 fully saturated rings. The summed E-state index contributed by atoms with van der Waals surface area (Å²) >= 11 is 0. The molecule has 0 heterocycles. The molecule has 4 nitrogen and oxygen atoms in total. The van der Waals surface area contributed by atoms with Gasteiger partial charge >= 0.3 is 5.97 Å². The monoisotopic (exact) mass is 284 g/mol. The molecule has 0 aromatic carbocycles. The molecule has 4 heteroatoms. The first-order chi connectivity index (χ1) is 9.33. The Bertz CT molecular complexity index is 337. The van der Waals surface area contributed by atoms with E-state index >= 15 is 0 Å². The van der Waals surface area contributed by atoms with E-state index < -0.39 is 5.60 Å². The van der Waals surface area contributed by atoms with Crippen LogP contribution in [-0.2, 0) is 19.1 Å². The van der Waals surface area contributed by atoms with Crippen molar-refractivity contribution >= 4 is 12.4 Å². The zero-order valence-electron chi connectivity index (χ0n) is 13.3. The topological polar surface area (TPSA) is 52.6 Å². The summed E-state index contributed by atoms with van der Waals surface area (Å²) < 4.78 is 10.8. The van der Waals surface area contributed by atoms with Gasteiger partial charge in [0.1, 0.15) is 0 Å². The van der Waals surface area contributed by atoms with E-state index in [0.717, 1.165) is 12.8 Å². The SMILES string of the molecule is CC(C)COC(=O)C1(OC=O)CC(C)CCC1C(C)C. The summed E-state index contributed by atoms with van der Waals surface area (Å²) in [5.74, 6) is 0.559. The molecule has 0 bridgehead atoms. The Morgan fingerprint density at radius 3 is 2.45 bits per heavy atom. The van der Waals surface area contributed by atoms with Crippen LogP contribution in [0.4, 0.5) is 0 Å². The van der Waals surface area contributed by atoms with Gasteiger partial charge in [0, 0.05) is 12.3 Å². The molecule has 116 valence electrons. The highest BCUT2D eigenvalue weighted by Crippen LogP contribution is 2.44. The normalized spacial score (nSPS) is 30.4. The van der Waals surface area contributed by atoms with E-state index in [9.17, 15) is 9.59 Å². The maximum atomic E-state index is 12.6. The molecule has 0 amide bonds. The lowest BCUT2D eigenvalue weighted by Gasteiger charge is -2.44. The molecular formula is C16H28O4. The first kappa shape index (κ1) is 17.0. The highest BCUT2D eigenvalue weighted by molar-refractivity contribution is 5.81. The highest BCUT2D eigenvalue weighted by Gasteiger charge is 2.53. The second-order valence-electron chi connectivity index (χ2n) is 6.83. The summed E-state index contributed by atoms with van der Waals surface area (Å²) in [7, 11) is 0. The third-order valence-corrected chi connectivity index (χ3v) is 4.18. The molecule has 1 saturated carbocycles. The Morgan fingerprint density at radius 1 is 1.30 bits per heavy atom. The molecule has 0 spiro atoms. The van der Waals surface area contributed by atoms with Gasteiger partial charge in [0.25, 0.3) is 6.47 Å². The summed E-state index contributed by atoms with van der Waals surface area (Å²) in [6.07, 6.45) is 2.51. The van der Waals surface area contributed by atoms with Crippen LogP contribution in [0.3, 0.4) is 0 Å². The van der Waals surface area contributed by atoms with Crippen molar-refractivity contribution in [2.45, 2.75) is 59.5 Å². The predicted octanol–water partition coefficient (Wildman–Crippen LogP) is 3.19. The molecule has 1 aliphatic carbocycles. The van der Waals surface area contributed by atoms with Crippen LogP contribution in [0.15, 0.2) is 0 Å². The molecule has 0 saturated heterocycles. The van der Waals surface area contributed by atoms with Gasteiger partial charge in [-0.25, -0.2) is 4.79 Å². The van der Waals surface area contributed by atoms with Crippen molar-refractivity contribution in [3.8, 4) is 0 Å². The summed E-state index contributed by atoms with van der Waals surface area (Å²) in [5.41, 5.74) is -1.09. The summed E-state index contributed by atoms with van der Waals surface area (Å²) in [6, 6.07) is 0. The van der Waals surface area contributed by atoms with Gasteiger partial charge in [0.2, 0.25) is 5.60 Å². The highest BCUT2D eigenvalue weighted by atomic mass is 16.6. The Hall–Kier alpha value is -1.06. The third-order valence-electron chi connectivity index (χ3n) is 4.18. The number of carbonyl (C=O) groups excluding carboxylic acids is 2. The predicted molar refractivity (Wildman–Crippen MR) is 77.0 cm³/mol. The summed E-state index contributed by atoms with van der Waals surface area (Å²) in [5, 5.41) is 0. The summed E-state index contributed by atoms with van der Waals surface area (Å²) in [6.45, 7) is 11.0. The minimum atomic E-state index is -1.09. The maximum Gasteiger partial charge on any atom is 0.350 e. The van der Waals surface area contributed by atoms with Crippen molar-refractivity contribution < 1.29 is 19.1 Å². The van der Waals surface area contributed by atoms with Crippen molar-refractivity contribution in [1.29, 1.82) is 0 Å². The second-order valence-corrected chi connectivity index (χ2v) is 6.83. The van der Waals surface area contributed by atoms with Crippen LogP contribution >= 0.6 is 0 Å². The molecule has 1 aliphatic rings. The van der Waals surface area contributed by atoms with Crippen LogP contribution in [-0.4, -0.2) is 24.6 Å². The number of ether oxygens (including phenoxy) is 2. The van der Waals surface area contributed by atoms with Crippen LogP contribution in [0.2, 0.25) is 0 Å². The van der Waals surface area contributed by atoms with E-state index in [4.69, 9.17) is 9.47 Å². The average molecular weight is 284 g/mol. The van der Waals surface area contributed by atoms with Crippen molar-refractivity contribution in [1.82, 2.24) is 0 Å². The molecule has 0 aliphatic heterocycles. The lowest BCUT2D eigenvalue weighted by Crippen LogP contribution is -2.54. The third kappa shape index (κ3) is 3.74. The van der Waals surface area contributed by atoms with E-state index in [0.29, 0.717) is 25.4 Å². The molecule has 3 atom stereocenters. The number of carbonyl (C=O) groups is 2. The van der Waals surface area contributed by atoms with Gasteiger partial charge in [0.05, 0.1) is 6.61 Å². The van der Waals surface area contributed by atoms with Crippen molar-refractivity contribution in [2.75, 3.05) is 6.61 Å². The fraction of sp³-hybridized carbons (Fsp3) is 0.875. The molecular weight excluding hydrogens is 256 g/mol. The smallest absolute Gasteiger partial charge is 0.350 e. The van der Waals surface area contributed by atoms with Crippen molar-refractivity contribution in [3.05, 3.63) is 0 Å². The van der Waals surface area contributed by atoms with Crippen LogP contribution in [0, 0.1) is 23.7 Å². The van der Waals surface area contributed by atoms with Gasteiger partial charge in [-0.2, -0.15) is 0 Å². The molecule has 0 aromatic rings. The van der Waals surface area contributed by atoms with Gasteiger partial charge in [-0.15, -0.1) is 0 Å². The minimum absolute atomic E-state index is 0.0311. The number of rotatable bonds is 6. The minimum Gasteiger partial charge on any atom is -0.462 e. The second kappa shape index (κ2) is 7.09. The zero-order valence-corrected chi connectivity index (χ0v) is 13.3. The van der Waals surface area contributed by atoms with E-state index in [1.54, 1.807) is 0 Å². The van der Waals surface area contributed by atoms with Crippen LogP contribution < -0.4 is 0 Å². The van der Waals surface area contributed by atoms with Crippen molar-refractivity contribution in [2.24, 2.45) is 23.7 Å². The van der Waals surface area contributed by atoms with Gasteiger partial charge in [0.15, 0.2) is 0 Å². The molecule has 3 unspecified atom stereocenters. The Labute approximate surface area is 122 Å². The van der Waals surface area contributed by atoms with Gasteiger partial charge in [-0.1, -0.05) is 41.0 Å². The largest absolute Gasteiger partial charge is 0.462 e. The van der Waals surface area contributed by atoms with Crippen LogP contribution in [0.5, 0.6) is 0 Å². The fourth-order valence-corrected chi connectivity index (χ4v) is 3.21. The Morgan fingerprint density at radius 2 is 1.95 bits per heavy atom. The molecule has 0 N–H and O–H groups in total. The standard InChI is InChI=1S/C16H28O4/c1-11(2)9-19-15(18)16(20-10-17)8-13(5)6-7-14(16)12(3)4/h10-14H,6-9H2,1-5H3. The molecule has 20 heavy (non-hydrogen) atoms. The van der Waals surface area contributed by atoms with Gasteiger partial charge in [-0.05, 0) is 24.2 Å². The van der Waals surface area contributed by atoms with Crippen LogP contribution in [0.25, 0.3) is 0 Å². The molecule has 0 aromatic heterocycles. The van der Waals surface area contributed by atoms with Crippen LogP contribution in [0.1, 0.15) is 53.9 Å². The van der Waals surface area contributed by atoms with E-state index in [1.807, 2.05) is 13.8 Å². The number of hydrogen-bond acceptors (Lipinski definition) is 4. The lowest BCUT2D eigenvalue weighted by atomic mass is 9.67. The van der Waals surface area contributed by atoms with E-state index in [-0.39, 0.29) is 23.7 Å². The zero-order chi connectivity index (χ0) is 15.3. The first-order valence-electron chi connectivity index (χ1n) is 7.62. The van der Waals surface area contributed by atoms with Crippen molar-refractivity contribution in [3.63, 3.8) is 0 Å². The lowest BCUT2D eigenvalue weighted by molar-refractivity contribution is -0.193. The number of esters is 1. The van der Waals surface area contributed by atoms with E-state index in [1.165, 1.54) is 0 Å². The molecule has 1 rings (SSSR count). The fourth-order valence-electron chi connectivity index (χ4n) is 3.21. The average Bonchev–Trinajstić information content (AvgIpc) is 2.35. The Balaban J connectivity index is 3.00. The van der Waals surface area contributed by atoms with Gasteiger partial charge < -0.3 is 9.47 Å². The van der Waals surface area contributed by atoms with E-state index in [2.05, 4.69) is 20.8 Å². The quantitative estimate of drug-likeness (QED) is 0.555. The Kier molecular flexibility index (Phi) is 6.03. The maximum absolute atomic E-state index is 12.6. The summed E-state index contributed by atoms with van der Waals surface area (Å²) in [4.78, 5) is 23.5. The number of hydrogen-bond donors (Lipinski definition) is 0. The van der Waals surface area contributed by atoms with Gasteiger partial charge in [-0.3, -0.25) is 4.79 Å². The first-order valence-corrected chi connectivity index (χ1v) is 7.62. The molecule has 0 radical (unpaired) electrons.